The van der Waals surface area contributed by atoms with Crippen LogP contribution in [0.1, 0.15) is 17.0 Å². The monoisotopic (exact) mass is 369 g/mol. The zero-order chi connectivity index (χ0) is 19.7. The Kier molecular flexibility index (Phi) is 4.76. The molecule has 0 saturated carbocycles. The highest BCUT2D eigenvalue weighted by atomic mass is 16.2. The average molecular weight is 369 g/mol. The van der Waals surface area contributed by atoms with E-state index in [4.69, 9.17) is 0 Å². The zero-order valence-electron chi connectivity index (χ0n) is 15.2. The van der Waals surface area contributed by atoms with E-state index in [9.17, 15) is 19.2 Å². The van der Waals surface area contributed by atoms with Crippen LogP contribution in [0, 0.1) is 13.8 Å². The molecular weight excluding hydrogens is 350 g/mol. The summed E-state index contributed by atoms with van der Waals surface area (Å²) >= 11 is 0. The maximum Gasteiger partial charge on any atom is 0.335 e. The van der Waals surface area contributed by atoms with Crippen molar-refractivity contribution in [2.24, 2.45) is 7.05 Å². The molecule has 1 fully saturated rings. The van der Waals surface area contributed by atoms with Crippen LogP contribution in [-0.4, -0.2) is 49.9 Å². The molecule has 3 rings (SSSR count). The molecule has 0 bridgehead atoms. The highest BCUT2D eigenvalue weighted by Gasteiger charge is 2.45. The van der Waals surface area contributed by atoms with Crippen molar-refractivity contribution in [3.8, 4) is 0 Å². The number of nitrogens with one attached hydrogen (secondary N) is 1. The number of carbonyl (C=O) groups is 4. The number of anilines is 1. The van der Waals surface area contributed by atoms with Gasteiger partial charge in [0, 0.05) is 7.05 Å². The first-order chi connectivity index (χ1) is 12.8. The smallest absolute Gasteiger partial charge is 0.321 e. The van der Waals surface area contributed by atoms with Crippen molar-refractivity contribution in [3.63, 3.8) is 0 Å². The molecule has 1 aromatic carbocycles. The number of rotatable bonds is 5. The third-order valence-electron chi connectivity index (χ3n) is 4.39. The summed E-state index contributed by atoms with van der Waals surface area (Å²) in [6.07, 6.45) is 0. The number of benzene rings is 1. The topological polar surface area (TPSA) is 105 Å². The summed E-state index contributed by atoms with van der Waals surface area (Å²) in [7, 11) is 1.74. The van der Waals surface area contributed by atoms with Crippen LogP contribution in [0.5, 0.6) is 0 Å². The minimum Gasteiger partial charge on any atom is -0.321 e. The van der Waals surface area contributed by atoms with Crippen molar-refractivity contribution in [1.82, 2.24) is 19.6 Å². The first-order valence-electron chi connectivity index (χ1n) is 8.31. The van der Waals surface area contributed by atoms with E-state index in [0.29, 0.717) is 21.8 Å². The van der Waals surface area contributed by atoms with E-state index in [-0.39, 0.29) is 6.54 Å². The van der Waals surface area contributed by atoms with Gasteiger partial charge in [-0.05, 0) is 19.4 Å². The van der Waals surface area contributed by atoms with Gasteiger partial charge in [-0.25, -0.2) is 9.69 Å². The molecule has 1 aliphatic rings. The van der Waals surface area contributed by atoms with Gasteiger partial charge < -0.3 is 5.32 Å². The van der Waals surface area contributed by atoms with Crippen LogP contribution in [-0.2, 0) is 28.0 Å². The molecule has 0 unspecified atom stereocenters. The Balaban J connectivity index is 1.71. The highest BCUT2D eigenvalue weighted by molar-refractivity contribution is 6.45. The van der Waals surface area contributed by atoms with E-state index in [1.54, 1.807) is 55.9 Å². The Labute approximate surface area is 155 Å². The summed E-state index contributed by atoms with van der Waals surface area (Å²) in [6.45, 7) is 2.96. The van der Waals surface area contributed by atoms with Crippen molar-refractivity contribution in [2.75, 3.05) is 11.9 Å². The van der Waals surface area contributed by atoms with Crippen LogP contribution in [0.2, 0.25) is 0 Å². The summed E-state index contributed by atoms with van der Waals surface area (Å²) in [4.78, 5) is 50.6. The van der Waals surface area contributed by atoms with Crippen LogP contribution in [0.3, 0.4) is 0 Å². The fourth-order valence-corrected chi connectivity index (χ4v) is 2.87. The molecule has 0 aliphatic carbocycles. The number of hydrogen-bond acceptors (Lipinski definition) is 5. The molecule has 1 aromatic heterocycles. The lowest BCUT2D eigenvalue weighted by atomic mass is 10.2. The standard InChI is InChI=1S/C18H19N5O4/c1-11-15(12(2)21(3)20-11)19-14(24)10-23-17(26)16(25)22(18(23)27)9-13-7-5-4-6-8-13/h4-8H,9-10H2,1-3H3,(H,19,24). The van der Waals surface area contributed by atoms with E-state index in [1.807, 2.05) is 0 Å². The number of nitrogens with zero attached hydrogens (tertiary/aromatic N) is 4. The largest absolute Gasteiger partial charge is 0.335 e. The minimum atomic E-state index is -1.01. The molecule has 0 spiro atoms. The highest BCUT2D eigenvalue weighted by Crippen LogP contribution is 2.19. The molecule has 9 nitrogen and oxygen atoms in total. The molecule has 0 atom stereocenters. The Morgan fingerprint density at radius 1 is 1.04 bits per heavy atom. The first-order valence-corrected chi connectivity index (χ1v) is 8.31. The summed E-state index contributed by atoms with van der Waals surface area (Å²) in [5, 5.41) is 6.84. The van der Waals surface area contributed by atoms with Gasteiger partial charge >= 0.3 is 17.8 Å². The summed E-state index contributed by atoms with van der Waals surface area (Å²) in [5.74, 6) is -2.53. The summed E-state index contributed by atoms with van der Waals surface area (Å²) in [5.41, 5.74) is 2.58. The number of carbonyl (C=O) groups excluding carboxylic acids is 4. The van der Waals surface area contributed by atoms with Gasteiger partial charge in [0.2, 0.25) is 5.91 Å². The number of hydrogen-bond donors (Lipinski definition) is 1. The molecule has 140 valence electrons. The number of amides is 5. The Morgan fingerprint density at radius 2 is 1.67 bits per heavy atom. The van der Waals surface area contributed by atoms with E-state index >= 15 is 0 Å². The Hall–Kier alpha value is -3.49. The van der Waals surface area contributed by atoms with Crippen molar-refractivity contribution in [1.29, 1.82) is 0 Å². The lowest BCUT2D eigenvalue weighted by Crippen LogP contribution is -2.39. The van der Waals surface area contributed by atoms with Gasteiger partial charge in [-0.15, -0.1) is 0 Å². The first kappa shape index (κ1) is 18.3. The molecule has 5 amide bonds. The van der Waals surface area contributed by atoms with Gasteiger partial charge in [-0.1, -0.05) is 30.3 Å². The van der Waals surface area contributed by atoms with E-state index in [0.717, 1.165) is 10.6 Å². The van der Waals surface area contributed by atoms with Crippen molar-refractivity contribution in [2.45, 2.75) is 20.4 Å². The number of urea groups is 1. The zero-order valence-corrected chi connectivity index (χ0v) is 15.2. The summed E-state index contributed by atoms with van der Waals surface area (Å²) < 4.78 is 1.61. The predicted molar refractivity (Wildman–Crippen MR) is 95.4 cm³/mol. The fourth-order valence-electron chi connectivity index (χ4n) is 2.87. The fraction of sp³-hybridized carbons (Fsp3) is 0.278. The van der Waals surface area contributed by atoms with Gasteiger partial charge in [-0.3, -0.25) is 24.0 Å². The Morgan fingerprint density at radius 3 is 2.26 bits per heavy atom. The molecule has 1 saturated heterocycles. The minimum absolute atomic E-state index is 0.0246. The molecule has 2 heterocycles. The maximum atomic E-state index is 12.5. The van der Waals surface area contributed by atoms with Gasteiger partial charge in [0.1, 0.15) is 6.54 Å². The molecule has 9 heteroatoms. The van der Waals surface area contributed by atoms with Gasteiger partial charge in [0.05, 0.1) is 23.6 Å². The Bertz CT molecular complexity index is 935. The van der Waals surface area contributed by atoms with Crippen LogP contribution < -0.4 is 5.32 Å². The molecular formula is C18H19N5O4. The number of imide groups is 2. The second kappa shape index (κ2) is 7.02. The van der Waals surface area contributed by atoms with Gasteiger partial charge in [0.25, 0.3) is 0 Å². The van der Waals surface area contributed by atoms with Crippen LogP contribution in [0.25, 0.3) is 0 Å². The molecule has 1 aliphatic heterocycles. The second-order valence-electron chi connectivity index (χ2n) is 6.27. The SMILES string of the molecule is Cc1nn(C)c(C)c1NC(=O)CN1C(=O)C(=O)N(Cc2ccccc2)C1=O. The summed E-state index contributed by atoms with van der Waals surface area (Å²) in [6, 6.07) is 8.03. The maximum absolute atomic E-state index is 12.5. The van der Waals surface area contributed by atoms with Crippen LogP contribution in [0.15, 0.2) is 30.3 Å². The lowest BCUT2D eigenvalue weighted by Gasteiger charge is -2.15. The third kappa shape index (κ3) is 3.43. The van der Waals surface area contributed by atoms with E-state index in [2.05, 4.69) is 10.4 Å². The van der Waals surface area contributed by atoms with Gasteiger partial charge in [-0.2, -0.15) is 5.10 Å². The number of aryl methyl sites for hydroxylation is 2. The molecule has 2 aromatic rings. The molecule has 0 radical (unpaired) electrons. The quantitative estimate of drug-likeness (QED) is 0.625. The molecule has 27 heavy (non-hydrogen) atoms. The predicted octanol–water partition coefficient (Wildman–Crippen LogP) is 0.966. The average Bonchev–Trinajstić information content (AvgIpc) is 2.99. The van der Waals surface area contributed by atoms with Gasteiger partial charge in [0.15, 0.2) is 0 Å². The van der Waals surface area contributed by atoms with Crippen LogP contribution >= 0.6 is 0 Å². The van der Waals surface area contributed by atoms with E-state index in [1.165, 1.54) is 0 Å². The third-order valence-corrected chi connectivity index (χ3v) is 4.39. The normalized spacial score (nSPS) is 14.3. The second-order valence-corrected chi connectivity index (χ2v) is 6.27. The van der Waals surface area contributed by atoms with E-state index < -0.39 is 30.3 Å². The number of aromatic nitrogens is 2. The van der Waals surface area contributed by atoms with Crippen LogP contribution in [0.4, 0.5) is 10.5 Å². The van der Waals surface area contributed by atoms with Crippen molar-refractivity contribution >= 4 is 29.4 Å². The lowest BCUT2D eigenvalue weighted by molar-refractivity contribution is -0.143. The van der Waals surface area contributed by atoms with Crippen molar-refractivity contribution < 1.29 is 19.2 Å². The van der Waals surface area contributed by atoms with Crippen molar-refractivity contribution in [3.05, 3.63) is 47.3 Å². The molecule has 1 N–H and O–H groups in total.